The van der Waals surface area contributed by atoms with Gasteiger partial charge in [-0.15, -0.1) is 0 Å². The molecule has 1 saturated heterocycles. The molecule has 1 aromatic carbocycles. The van der Waals surface area contributed by atoms with E-state index >= 15 is 0 Å². The van der Waals surface area contributed by atoms with Gasteiger partial charge in [-0.1, -0.05) is 18.2 Å². The second kappa shape index (κ2) is 6.76. The highest BCUT2D eigenvalue weighted by molar-refractivity contribution is 5.93. The Morgan fingerprint density at radius 1 is 1.20 bits per heavy atom. The van der Waals surface area contributed by atoms with Crippen LogP contribution in [0.4, 0.5) is 0 Å². The molecule has 8 heteroatoms. The summed E-state index contributed by atoms with van der Waals surface area (Å²) in [5.74, 6) is -1.07. The largest absolute Gasteiger partial charge is 0.478 e. The first-order valence-corrected chi connectivity index (χ1v) is 7.81. The Morgan fingerprint density at radius 3 is 2.48 bits per heavy atom. The number of nitrogens with zero attached hydrogens (tertiary/aromatic N) is 2. The third-order valence-corrected chi connectivity index (χ3v) is 4.25. The summed E-state index contributed by atoms with van der Waals surface area (Å²) < 4.78 is 5.74. The standard InChI is InChI=1S/C17H17N3O5/c21-14-13(10-18-11-19-14)15(22)20-8-6-17(7-9-20,16(23)24)25-12-4-2-1-3-5-12/h1-5,10-11H,6-9H2,(H,23,24)(H,18,19,21). The van der Waals surface area contributed by atoms with E-state index in [-0.39, 0.29) is 31.5 Å². The Kier molecular flexibility index (Phi) is 4.51. The average Bonchev–Trinajstić information content (AvgIpc) is 2.63. The number of likely N-dealkylation sites (tertiary alicyclic amines) is 1. The van der Waals surface area contributed by atoms with E-state index in [1.54, 1.807) is 24.3 Å². The number of carbonyl (C=O) groups excluding carboxylic acids is 1. The molecule has 0 radical (unpaired) electrons. The third-order valence-electron chi connectivity index (χ3n) is 4.25. The molecule has 3 rings (SSSR count). The molecule has 1 aliphatic rings. The Hall–Kier alpha value is -3.16. The van der Waals surface area contributed by atoms with Gasteiger partial charge in [0.05, 0.1) is 6.33 Å². The molecule has 2 aromatic rings. The van der Waals surface area contributed by atoms with Gasteiger partial charge in [0.15, 0.2) is 0 Å². The molecule has 130 valence electrons. The van der Waals surface area contributed by atoms with Crippen molar-refractivity contribution in [2.24, 2.45) is 0 Å². The summed E-state index contributed by atoms with van der Waals surface area (Å²) in [6.07, 6.45) is 2.67. The van der Waals surface area contributed by atoms with Gasteiger partial charge in [-0.25, -0.2) is 9.78 Å². The van der Waals surface area contributed by atoms with Crippen molar-refractivity contribution in [1.29, 1.82) is 0 Å². The number of carboxylic acids is 1. The van der Waals surface area contributed by atoms with Crippen LogP contribution in [0.15, 0.2) is 47.7 Å². The first-order chi connectivity index (χ1) is 12.0. The highest BCUT2D eigenvalue weighted by Crippen LogP contribution is 2.29. The van der Waals surface area contributed by atoms with Crippen LogP contribution in [0.5, 0.6) is 5.75 Å². The van der Waals surface area contributed by atoms with E-state index in [4.69, 9.17) is 4.74 Å². The fourth-order valence-corrected chi connectivity index (χ4v) is 2.81. The molecule has 1 amide bonds. The lowest BCUT2D eigenvalue weighted by Gasteiger charge is -2.38. The summed E-state index contributed by atoms with van der Waals surface area (Å²) in [5.41, 5.74) is -1.97. The monoisotopic (exact) mass is 343 g/mol. The molecule has 2 heterocycles. The summed E-state index contributed by atoms with van der Waals surface area (Å²) in [5, 5.41) is 9.64. The smallest absolute Gasteiger partial charge is 0.348 e. The van der Waals surface area contributed by atoms with Crippen LogP contribution < -0.4 is 10.3 Å². The lowest BCUT2D eigenvalue weighted by molar-refractivity contribution is -0.159. The molecule has 2 N–H and O–H groups in total. The van der Waals surface area contributed by atoms with Crippen molar-refractivity contribution >= 4 is 11.9 Å². The van der Waals surface area contributed by atoms with Crippen molar-refractivity contribution in [3.8, 4) is 5.75 Å². The van der Waals surface area contributed by atoms with Crippen molar-refractivity contribution < 1.29 is 19.4 Å². The molecule has 1 aromatic heterocycles. The number of para-hydroxylation sites is 1. The molecule has 1 aliphatic heterocycles. The Labute approximate surface area is 143 Å². The number of benzene rings is 1. The predicted molar refractivity (Wildman–Crippen MR) is 87.4 cm³/mol. The van der Waals surface area contributed by atoms with Crippen LogP contribution in [0.3, 0.4) is 0 Å². The fraction of sp³-hybridized carbons (Fsp3) is 0.294. The molecule has 8 nitrogen and oxygen atoms in total. The number of carbonyl (C=O) groups is 2. The molecule has 25 heavy (non-hydrogen) atoms. The maximum atomic E-state index is 12.4. The molecule has 0 unspecified atom stereocenters. The minimum atomic E-state index is -1.39. The highest BCUT2D eigenvalue weighted by atomic mass is 16.5. The molecule has 0 spiro atoms. The van der Waals surface area contributed by atoms with E-state index in [1.807, 2.05) is 6.07 Å². The van der Waals surface area contributed by atoms with Gasteiger partial charge < -0.3 is 19.7 Å². The van der Waals surface area contributed by atoms with Crippen LogP contribution in [0, 0.1) is 0 Å². The zero-order valence-corrected chi connectivity index (χ0v) is 13.3. The van der Waals surface area contributed by atoms with E-state index in [2.05, 4.69) is 9.97 Å². The van der Waals surface area contributed by atoms with Gasteiger partial charge in [-0.05, 0) is 12.1 Å². The Morgan fingerprint density at radius 2 is 1.88 bits per heavy atom. The highest BCUT2D eigenvalue weighted by Gasteiger charge is 2.45. The van der Waals surface area contributed by atoms with Crippen LogP contribution >= 0.6 is 0 Å². The van der Waals surface area contributed by atoms with Gasteiger partial charge in [0.25, 0.3) is 11.5 Å². The van der Waals surface area contributed by atoms with Crippen LogP contribution in [-0.4, -0.2) is 50.5 Å². The number of aromatic amines is 1. The second-order valence-electron chi connectivity index (χ2n) is 5.80. The number of hydrogen-bond donors (Lipinski definition) is 2. The minimum absolute atomic E-state index is 0.0608. The van der Waals surface area contributed by atoms with Crippen molar-refractivity contribution in [3.05, 3.63) is 58.8 Å². The van der Waals surface area contributed by atoms with Gasteiger partial charge in [-0.3, -0.25) is 9.59 Å². The molecular weight excluding hydrogens is 326 g/mol. The van der Waals surface area contributed by atoms with Gasteiger partial charge in [-0.2, -0.15) is 0 Å². The molecular formula is C17H17N3O5. The van der Waals surface area contributed by atoms with Crippen molar-refractivity contribution in [3.63, 3.8) is 0 Å². The second-order valence-corrected chi connectivity index (χ2v) is 5.80. The van der Waals surface area contributed by atoms with Crippen LogP contribution in [0.2, 0.25) is 0 Å². The number of nitrogens with one attached hydrogen (secondary N) is 1. The number of carboxylic acid groups (broad SMARTS) is 1. The lowest BCUT2D eigenvalue weighted by Crippen LogP contribution is -2.54. The Balaban J connectivity index is 1.74. The maximum absolute atomic E-state index is 12.4. The topological polar surface area (TPSA) is 113 Å². The van der Waals surface area contributed by atoms with Gasteiger partial charge in [0.2, 0.25) is 5.60 Å². The summed E-state index contributed by atoms with van der Waals surface area (Å²) in [7, 11) is 0. The molecule has 0 saturated carbocycles. The van der Waals surface area contributed by atoms with Gasteiger partial charge in [0, 0.05) is 32.1 Å². The fourth-order valence-electron chi connectivity index (χ4n) is 2.81. The maximum Gasteiger partial charge on any atom is 0.348 e. The number of rotatable bonds is 4. The number of amides is 1. The quantitative estimate of drug-likeness (QED) is 0.853. The van der Waals surface area contributed by atoms with Crippen LogP contribution in [0.25, 0.3) is 0 Å². The number of piperidine rings is 1. The normalized spacial score (nSPS) is 16.2. The third kappa shape index (κ3) is 3.37. The van der Waals surface area contributed by atoms with Crippen molar-refractivity contribution in [2.75, 3.05) is 13.1 Å². The van der Waals surface area contributed by atoms with Crippen molar-refractivity contribution in [1.82, 2.24) is 14.9 Å². The summed E-state index contributed by atoms with van der Waals surface area (Å²) in [6.45, 7) is 0.346. The van der Waals surface area contributed by atoms with E-state index in [0.29, 0.717) is 5.75 Å². The molecule has 0 atom stereocenters. The van der Waals surface area contributed by atoms with E-state index < -0.39 is 23.0 Å². The lowest BCUT2D eigenvalue weighted by atomic mass is 9.90. The predicted octanol–water partition coefficient (Wildman–Crippen LogP) is 0.908. The van der Waals surface area contributed by atoms with Crippen molar-refractivity contribution in [2.45, 2.75) is 18.4 Å². The van der Waals surface area contributed by atoms with E-state index in [0.717, 1.165) is 0 Å². The molecule has 0 aliphatic carbocycles. The van der Waals surface area contributed by atoms with E-state index in [9.17, 15) is 19.5 Å². The minimum Gasteiger partial charge on any atom is -0.478 e. The first-order valence-electron chi connectivity index (χ1n) is 7.81. The zero-order valence-electron chi connectivity index (χ0n) is 13.3. The number of aliphatic carboxylic acids is 1. The van der Waals surface area contributed by atoms with Gasteiger partial charge in [0.1, 0.15) is 11.3 Å². The first kappa shape index (κ1) is 16.7. The van der Waals surface area contributed by atoms with Gasteiger partial charge >= 0.3 is 5.97 Å². The SMILES string of the molecule is O=C(c1cnc[nH]c1=O)N1CCC(Oc2ccccc2)(C(=O)O)CC1. The Bertz CT molecular complexity index is 825. The number of H-pyrrole nitrogens is 1. The van der Waals surface area contributed by atoms with Crippen LogP contribution in [-0.2, 0) is 4.79 Å². The number of aromatic nitrogens is 2. The molecule has 0 bridgehead atoms. The number of ether oxygens (including phenoxy) is 1. The van der Waals surface area contributed by atoms with E-state index in [1.165, 1.54) is 17.4 Å². The molecule has 1 fully saturated rings. The summed E-state index contributed by atoms with van der Waals surface area (Å²) >= 11 is 0. The zero-order chi connectivity index (χ0) is 17.9. The average molecular weight is 343 g/mol. The summed E-state index contributed by atoms with van der Waals surface area (Å²) in [6, 6.07) is 8.72. The summed E-state index contributed by atoms with van der Waals surface area (Å²) in [4.78, 5) is 43.5. The van der Waals surface area contributed by atoms with Crippen LogP contribution in [0.1, 0.15) is 23.2 Å². The number of hydrogen-bond acceptors (Lipinski definition) is 5.